The Bertz CT molecular complexity index is 916. The molecular weight excluding hydrogens is 352 g/mol. The van der Waals surface area contributed by atoms with E-state index in [-0.39, 0.29) is 12.5 Å². The topological polar surface area (TPSA) is 62.8 Å². The lowest BCUT2D eigenvalue weighted by Crippen LogP contribution is -3.15. The first-order valence-electron chi connectivity index (χ1n) is 9.70. The minimum absolute atomic E-state index is 0.0177. The van der Waals surface area contributed by atoms with E-state index in [1.807, 2.05) is 71.8 Å². The van der Waals surface area contributed by atoms with E-state index < -0.39 is 0 Å². The third kappa shape index (κ3) is 3.83. The molecule has 144 valence electrons. The van der Waals surface area contributed by atoms with Crippen molar-refractivity contribution in [3.8, 4) is 16.9 Å². The fraction of sp³-hybridized carbons (Fsp3) is 0.273. The quantitative estimate of drug-likeness (QED) is 0.694. The molecule has 0 unspecified atom stereocenters. The van der Waals surface area contributed by atoms with Crippen LogP contribution in [0, 0.1) is 0 Å². The van der Waals surface area contributed by atoms with Crippen molar-refractivity contribution in [3.05, 3.63) is 72.4 Å². The number of aromatic nitrogens is 2. The first kappa shape index (κ1) is 18.4. The van der Waals surface area contributed by atoms with Crippen LogP contribution >= 0.6 is 0 Å². The molecular formula is C22H25N4O2+. The monoisotopic (exact) mass is 377 g/mol. The van der Waals surface area contributed by atoms with E-state index in [4.69, 9.17) is 10.2 Å². The van der Waals surface area contributed by atoms with Gasteiger partial charge in [-0.3, -0.25) is 4.79 Å². The van der Waals surface area contributed by atoms with Crippen LogP contribution in [0.2, 0.25) is 0 Å². The van der Waals surface area contributed by atoms with Crippen molar-refractivity contribution in [3.63, 3.8) is 0 Å². The molecule has 6 nitrogen and oxygen atoms in total. The summed E-state index contributed by atoms with van der Waals surface area (Å²) < 4.78 is 1.78. The number of carbonyl (C=O) groups is 1. The Morgan fingerprint density at radius 1 is 1.00 bits per heavy atom. The highest BCUT2D eigenvalue weighted by Gasteiger charge is 2.28. The summed E-state index contributed by atoms with van der Waals surface area (Å²) in [7, 11) is 0. The number of quaternary nitrogens is 1. The van der Waals surface area contributed by atoms with Gasteiger partial charge in [0, 0.05) is 11.8 Å². The van der Waals surface area contributed by atoms with Gasteiger partial charge in [0.05, 0.1) is 44.0 Å². The van der Waals surface area contributed by atoms with Crippen molar-refractivity contribution in [2.24, 2.45) is 0 Å². The second kappa shape index (κ2) is 8.37. The van der Waals surface area contributed by atoms with Gasteiger partial charge in [-0.25, -0.2) is 4.68 Å². The molecule has 0 saturated carbocycles. The van der Waals surface area contributed by atoms with Gasteiger partial charge in [0.2, 0.25) is 0 Å². The van der Waals surface area contributed by atoms with Gasteiger partial charge in [-0.15, -0.1) is 0 Å². The van der Waals surface area contributed by atoms with Crippen LogP contribution in [0.3, 0.4) is 0 Å². The number of piperazine rings is 1. The van der Waals surface area contributed by atoms with Gasteiger partial charge >= 0.3 is 0 Å². The number of benzene rings is 2. The van der Waals surface area contributed by atoms with Crippen LogP contribution in [0.15, 0.2) is 66.9 Å². The van der Waals surface area contributed by atoms with Crippen molar-refractivity contribution in [1.29, 1.82) is 0 Å². The Labute approximate surface area is 164 Å². The van der Waals surface area contributed by atoms with Crippen LogP contribution in [-0.4, -0.2) is 65.0 Å². The number of para-hydroxylation sites is 1. The molecule has 0 aliphatic carbocycles. The van der Waals surface area contributed by atoms with Crippen LogP contribution in [0.1, 0.15) is 10.4 Å². The van der Waals surface area contributed by atoms with E-state index in [0.717, 1.165) is 30.9 Å². The normalized spacial score (nSPS) is 15.0. The molecule has 1 saturated heterocycles. The summed E-state index contributed by atoms with van der Waals surface area (Å²) in [6.45, 7) is 4.03. The summed E-state index contributed by atoms with van der Waals surface area (Å²) in [4.78, 5) is 16.6. The molecule has 2 heterocycles. The predicted molar refractivity (Wildman–Crippen MR) is 108 cm³/mol. The van der Waals surface area contributed by atoms with Crippen molar-refractivity contribution in [2.75, 3.05) is 39.3 Å². The van der Waals surface area contributed by atoms with Crippen molar-refractivity contribution >= 4 is 5.91 Å². The maximum absolute atomic E-state index is 13.3. The number of aliphatic hydroxyl groups is 1. The lowest BCUT2D eigenvalue weighted by atomic mass is 10.1. The Hall–Kier alpha value is -2.96. The zero-order valence-corrected chi connectivity index (χ0v) is 15.8. The molecule has 1 aliphatic rings. The number of aliphatic hydroxyl groups excluding tert-OH is 1. The molecule has 1 fully saturated rings. The molecule has 1 amide bonds. The maximum atomic E-state index is 13.3. The molecule has 4 rings (SSSR count). The number of amides is 1. The molecule has 0 bridgehead atoms. The first-order chi connectivity index (χ1) is 13.8. The smallest absolute Gasteiger partial charge is 0.258 e. The van der Waals surface area contributed by atoms with Gasteiger partial charge in [-0.2, -0.15) is 5.10 Å². The summed E-state index contributed by atoms with van der Waals surface area (Å²) in [5, 5.41) is 13.9. The summed E-state index contributed by atoms with van der Waals surface area (Å²) >= 11 is 0. The molecule has 0 atom stereocenters. The number of hydrogen-bond donors (Lipinski definition) is 2. The molecule has 0 radical (unpaired) electrons. The van der Waals surface area contributed by atoms with Crippen LogP contribution < -0.4 is 4.90 Å². The third-order valence-electron chi connectivity index (χ3n) is 5.24. The van der Waals surface area contributed by atoms with Crippen molar-refractivity contribution in [2.45, 2.75) is 0 Å². The Morgan fingerprint density at radius 2 is 1.64 bits per heavy atom. The second-order valence-corrected chi connectivity index (χ2v) is 7.05. The number of carbonyl (C=O) groups excluding carboxylic acids is 1. The van der Waals surface area contributed by atoms with Gasteiger partial charge in [0.25, 0.3) is 5.91 Å². The highest BCUT2D eigenvalue weighted by Crippen LogP contribution is 2.25. The summed E-state index contributed by atoms with van der Waals surface area (Å²) in [5.74, 6) is 0.0177. The Morgan fingerprint density at radius 3 is 2.29 bits per heavy atom. The molecule has 28 heavy (non-hydrogen) atoms. The fourth-order valence-electron chi connectivity index (χ4n) is 3.66. The van der Waals surface area contributed by atoms with E-state index >= 15 is 0 Å². The van der Waals surface area contributed by atoms with Crippen LogP contribution in [0.5, 0.6) is 0 Å². The van der Waals surface area contributed by atoms with Crippen LogP contribution in [0.25, 0.3) is 16.9 Å². The van der Waals surface area contributed by atoms with Gasteiger partial charge in [0.15, 0.2) is 0 Å². The minimum atomic E-state index is 0.0177. The molecule has 2 N–H and O–H groups in total. The van der Waals surface area contributed by atoms with E-state index in [9.17, 15) is 4.79 Å². The number of hydrogen-bond acceptors (Lipinski definition) is 3. The van der Waals surface area contributed by atoms with Crippen molar-refractivity contribution in [1.82, 2.24) is 14.7 Å². The number of nitrogens with one attached hydrogen (secondary N) is 1. The molecule has 1 aromatic heterocycles. The van der Waals surface area contributed by atoms with Crippen LogP contribution in [-0.2, 0) is 0 Å². The zero-order valence-electron chi connectivity index (χ0n) is 15.8. The summed E-state index contributed by atoms with van der Waals surface area (Å²) in [6, 6.07) is 19.7. The minimum Gasteiger partial charge on any atom is -0.391 e. The highest BCUT2D eigenvalue weighted by molar-refractivity contribution is 6.00. The molecule has 1 aliphatic heterocycles. The lowest BCUT2D eigenvalue weighted by molar-refractivity contribution is -0.904. The van der Waals surface area contributed by atoms with Gasteiger partial charge in [0.1, 0.15) is 12.2 Å². The Balaban J connectivity index is 1.65. The molecule has 2 aromatic carbocycles. The molecule has 3 aromatic rings. The number of nitrogens with zero attached hydrogens (tertiary/aromatic N) is 3. The first-order valence-corrected chi connectivity index (χ1v) is 9.70. The number of rotatable bonds is 5. The highest BCUT2D eigenvalue weighted by atomic mass is 16.3. The molecule has 6 heteroatoms. The SMILES string of the molecule is O=C(c1cn(-c2ccccc2)nc1-c1ccccc1)N1CC[NH+](CCO)CC1. The second-order valence-electron chi connectivity index (χ2n) is 7.05. The zero-order chi connectivity index (χ0) is 19.3. The van der Waals surface area contributed by atoms with E-state index in [1.165, 1.54) is 4.90 Å². The molecule has 0 spiro atoms. The average Bonchev–Trinajstić information content (AvgIpc) is 3.21. The van der Waals surface area contributed by atoms with Crippen LogP contribution in [0.4, 0.5) is 0 Å². The fourth-order valence-corrected chi connectivity index (χ4v) is 3.66. The van der Waals surface area contributed by atoms with Gasteiger partial charge < -0.3 is 14.9 Å². The average molecular weight is 377 g/mol. The summed E-state index contributed by atoms with van der Waals surface area (Å²) in [5.41, 5.74) is 3.20. The van der Waals surface area contributed by atoms with Gasteiger partial charge in [-0.1, -0.05) is 48.5 Å². The Kier molecular flexibility index (Phi) is 5.50. The standard InChI is InChI=1S/C22H24N4O2/c27-16-15-24-11-13-25(14-12-24)22(28)20-17-26(19-9-5-2-6-10-19)23-21(20)18-7-3-1-4-8-18/h1-10,17,27H,11-16H2/p+1. The van der Waals surface area contributed by atoms with E-state index in [1.54, 1.807) is 4.68 Å². The van der Waals surface area contributed by atoms with Crippen molar-refractivity contribution < 1.29 is 14.8 Å². The van der Waals surface area contributed by atoms with E-state index in [2.05, 4.69) is 0 Å². The largest absolute Gasteiger partial charge is 0.391 e. The third-order valence-corrected chi connectivity index (χ3v) is 5.24. The van der Waals surface area contributed by atoms with Gasteiger partial charge in [-0.05, 0) is 12.1 Å². The lowest BCUT2D eigenvalue weighted by Gasteiger charge is -2.31. The predicted octanol–water partition coefficient (Wildman–Crippen LogP) is 0.872. The maximum Gasteiger partial charge on any atom is 0.258 e. The summed E-state index contributed by atoms with van der Waals surface area (Å²) in [6.07, 6.45) is 1.84. The van der Waals surface area contributed by atoms with E-state index in [0.29, 0.717) is 24.3 Å².